The van der Waals surface area contributed by atoms with E-state index in [9.17, 15) is 4.79 Å². The average molecular weight is 261 g/mol. The first kappa shape index (κ1) is 13.1. The zero-order chi connectivity index (χ0) is 13.8. The van der Waals surface area contributed by atoms with Crippen LogP contribution in [0.1, 0.15) is 23.1 Å². The highest BCUT2D eigenvalue weighted by atomic mass is 16.5. The van der Waals surface area contributed by atoms with E-state index in [1.807, 2.05) is 0 Å². The fourth-order valence-electron chi connectivity index (χ4n) is 1.66. The predicted octanol–water partition coefficient (Wildman–Crippen LogP) is 1.97. The van der Waals surface area contributed by atoms with Gasteiger partial charge in [0.1, 0.15) is 5.82 Å². The molecule has 100 valence electrons. The van der Waals surface area contributed by atoms with Gasteiger partial charge < -0.3 is 14.5 Å². The fourth-order valence-corrected chi connectivity index (χ4v) is 1.66. The van der Waals surface area contributed by atoms with Crippen molar-refractivity contribution in [1.82, 2.24) is 15.0 Å². The Morgan fingerprint density at radius 2 is 2.26 bits per heavy atom. The molecule has 0 saturated carbocycles. The Morgan fingerprint density at radius 3 is 2.95 bits per heavy atom. The SMILES string of the molecule is CCOC(=O)c1nc(-c2ccnc(OC)c2)[nH]c1C. The largest absolute Gasteiger partial charge is 0.481 e. The number of rotatable bonds is 4. The molecule has 6 nitrogen and oxygen atoms in total. The number of hydrogen-bond acceptors (Lipinski definition) is 5. The molecule has 19 heavy (non-hydrogen) atoms. The van der Waals surface area contributed by atoms with Gasteiger partial charge in [0.05, 0.1) is 13.7 Å². The van der Waals surface area contributed by atoms with Crippen LogP contribution in [-0.2, 0) is 4.74 Å². The minimum atomic E-state index is -0.427. The zero-order valence-electron chi connectivity index (χ0n) is 11.1. The van der Waals surface area contributed by atoms with Crippen molar-refractivity contribution < 1.29 is 14.3 Å². The molecule has 0 aliphatic rings. The molecule has 6 heteroatoms. The average Bonchev–Trinajstić information content (AvgIpc) is 2.81. The number of ether oxygens (including phenoxy) is 2. The molecule has 0 radical (unpaired) electrons. The molecule has 1 N–H and O–H groups in total. The summed E-state index contributed by atoms with van der Waals surface area (Å²) in [6.45, 7) is 3.86. The van der Waals surface area contributed by atoms with E-state index >= 15 is 0 Å². The highest BCUT2D eigenvalue weighted by Gasteiger charge is 2.16. The number of methoxy groups -OCH3 is 1. The molecule has 2 aromatic rings. The van der Waals surface area contributed by atoms with Gasteiger partial charge in [0.2, 0.25) is 5.88 Å². The van der Waals surface area contributed by atoms with E-state index in [1.165, 1.54) is 0 Å². The number of aromatic amines is 1. The van der Waals surface area contributed by atoms with E-state index < -0.39 is 5.97 Å². The van der Waals surface area contributed by atoms with Crippen LogP contribution in [0.5, 0.6) is 5.88 Å². The molecular weight excluding hydrogens is 246 g/mol. The summed E-state index contributed by atoms with van der Waals surface area (Å²) in [5, 5.41) is 0. The summed E-state index contributed by atoms with van der Waals surface area (Å²) in [7, 11) is 1.55. The number of pyridine rings is 1. The Hall–Kier alpha value is -2.37. The molecule has 0 aromatic carbocycles. The van der Waals surface area contributed by atoms with Crippen molar-refractivity contribution in [2.24, 2.45) is 0 Å². The molecule has 0 amide bonds. The maximum absolute atomic E-state index is 11.7. The standard InChI is InChI=1S/C13H15N3O3/c1-4-19-13(17)11-8(2)15-12(16-11)9-5-6-14-10(7-9)18-3/h5-7H,4H2,1-3H3,(H,15,16). The van der Waals surface area contributed by atoms with E-state index in [1.54, 1.807) is 39.3 Å². The van der Waals surface area contributed by atoms with Crippen molar-refractivity contribution in [3.8, 4) is 17.3 Å². The van der Waals surface area contributed by atoms with E-state index in [2.05, 4.69) is 15.0 Å². The molecule has 2 rings (SSSR count). The first-order valence-electron chi connectivity index (χ1n) is 5.89. The second-order valence-corrected chi connectivity index (χ2v) is 3.87. The lowest BCUT2D eigenvalue weighted by atomic mass is 10.2. The van der Waals surface area contributed by atoms with E-state index in [-0.39, 0.29) is 0 Å². The minimum Gasteiger partial charge on any atom is -0.481 e. The monoisotopic (exact) mass is 261 g/mol. The maximum atomic E-state index is 11.7. The lowest BCUT2D eigenvalue weighted by Crippen LogP contribution is -2.06. The normalized spacial score (nSPS) is 10.3. The highest BCUT2D eigenvalue weighted by molar-refractivity contribution is 5.89. The van der Waals surface area contributed by atoms with Gasteiger partial charge in [-0.1, -0.05) is 0 Å². The Balaban J connectivity index is 2.36. The summed E-state index contributed by atoms with van der Waals surface area (Å²) >= 11 is 0. The quantitative estimate of drug-likeness (QED) is 0.851. The summed E-state index contributed by atoms with van der Waals surface area (Å²) in [4.78, 5) is 23.0. The summed E-state index contributed by atoms with van der Waals surface area (Å²) in [5.41, 5.74) is 1.77. The molecule has 0 spiro atoms. The minimum absolute atomic E-state index is 0.299. The van der Waals surface area contributed by atoms with Crippen LogP contribution in [0.15, 0.2) is 18.3 Å². The molecule has 0 unspecified atom stereocenters. The smallest absolute Gasteiger partial charge is 0.358 e. The number of H-pyrrole nitrogens is 1. The summed E-state index contributed by atoms with van der Waals surface area (Å²) in [6.07, 6.45) is 1.62. The van der Waals surface area contributed by atoms with Crippen LogP contribution in [0.25, 0.3) is 11.4 Å². The van der Waals surface area contributed by atoms with Crippen LogP contribution in [-0.4, -0.2) is 34.6 Å². The molecule has 2 heterocycles. The van der Waals surface area contributed by atoms with Gasteiger partial charge in [-0.15, -0.1) is 0 Å². The van der Waals surface area contributed by atoms with Crippen LogP contribution in [0.4, 0.5) is 0 Å². The van der Waals surface area contributed by atoms with Crippen LogP contribution in [0, 0.1) is 6.92 Å². The van der Waals surface area contributed by atoms with Crippen molar-refractivity contribution in [1.29, 1.82) is 0 Å². The lowest BCUT2D eigenvalue weighted by molar-refractivity contribution is 0.0519. The number of carbonyl (C=O) groups is 1. The van der Waals surface area contributed by atoms with Crippen LogP contribution in [0.3, 0.4) is 0 Å². The number of hydrogen-bond donors (Lipinski definition) is 1. The van der Waals surface area contributed by atoms with Gasteiger partial charge in [-0.3, -0.25) is 0 Å². The van der Waals surface area contributed by atoms with Crippen molar-refractivity contribution >= 4 is 5.97 Å². The number of carbonyl (C=O) groups excluding carboxylic acids is 1. The number of aryl methyl sites for hydroxylation is 1. The number of imidazole rings is 1. The van der Waals surface area contributed by atoms with Crippen molar-refractivity contribution in [3.05, 3.63) is 29.7 Å². The summed E-state index contributed by atoms with van der Waals surface area (Å²) in [5.74, 6) is 0.647. The molecule has 0 atom stereocenters. The molecule has 0 aliphatic heterocycles. The second kappa shape index (κ2) is 5.51. The van der Waals surface area contributed by atoms with Gasteiger partial charge in [0.15, 0.2) is 5.69 Å². The van der Waals surface area contributed by atoms with Gasteiger partial charge in [-0.25, -0.2) is 14.8 Å². The predicted molar refractivity (Wildman–Crippen MR) is 69.1 cm³/mol. The van der Waals surface area contributed by atoms with Gasteiger partial charge in [-0.2, -0.15) is 0 Å². The van der Waals surface area contributed by atoms with Gasteiger partial charge in [0.25, 0.3) is 0 Å². The third-order valence-corrected chi connectivity index (χ3v) is 2.57. The first-order valence-corrected chi connectivity index (χ1v) is 5.89. The van der Waals surface area contributed by atoms with Gasteiger partial charge >= 0.3 is 5.97 Å². The summed E-state index contributed by atoms with van der Waals surface area (Å²) in [6, 6.07) is 3.53. The van der Waals surface area contributed by atoms with Crippen molar-refractivity contribution in [3.63, 3.8) is 0 Å². The number of esters is 1. The number of aromatic nitrogens is 3. The zero-order valence-corrected chi connectivity index (χ0v) is 11.1. The molecule has 0 aliphatic carbocycles. The Kier molecular flexibility index (Phi) is 3.79. The molecule has 0 saturated heterocycles. The fraction of sp³-hybridized carbons (Fsp3) is 0.308. The Morgan fingerprint density at radius 1 is 1.47 bits per heavy atom. The first-order chi connectivity index (χ1) is 9.15. The number of nitrogens with one attached hydrogen (secondary N) is 1. The third kappa shape index (κ3) is 2.73. The van der Waals surface area contributed by atoms with E-state index in [0.29, 0.717) is 29.7 Å². The summed E-state index contributed by atoms with van der Waals surface area (Å²) < 4.78 is 10.00. The van der Waals surface area contributed by atoms with E-state index in [4.69, 9.17) is 9.47 Å². The van der Waals surface area contributed by atoms with Crippen LogP contribution >= 0.6 is 0 Å². The topological polar surface area (TPSA) is 77.1 Å². The molecule has 2 aromatic heterocycles. The van der Waals surface area contributed by atoms with Crippen LogP contribution in [0.2, 0.25) is 0 Å². The molecule has 0 fully saturated rings. The molecule has 0 bridgehead atoms. The van der Waals surface area contributed by atoms with Crippen LogP contribution < -0.4 is 4.74 Å². The lowest BCUT2D eigenvalue weighted by Gasteiger charge is -2.00. The molecular formula is C13H15N3O3. The second-order valence-electron chi connectivity index (χ2n) is 3.87. The van der Waals surface area contributed by atoms with Crippen molar-refractivity contribution in [2.45, 2.75) is 13.8 Å². The van der Waals surface area contributed by atoms with E-state index in [0.717, 1.165) is 5.56 Å². The highest BCUT2D eigenvalue weighted by Crippen LogP contribution is 2.21. The van der Waals surface area contributed by atoms with Crippen molar-refractivity contribution in [2.75, 3.05) is 13.7 Å². The number of nitrogens with zero attached hydrogens (tertiary/aromatic N) is 2. The third-order valence-electron chi connectivity index (χ3n) is 2.57. The maximum Gasteiger partial charge on any atom is 0.358 e. The van der Waals surface area contributed by atoms with Gasteiger partial charge in [0, 0.05) is 23.5 Å². The Labute approximate surface area is 110 Å². The Bertz CT molecular complexity index is 593. The van der Waals surface area contributed by atoms with Gasteiger partial charge in [-0.05, 0) is 19.9 Å².